The number of halogens is 2. The summed E-state index contributed by atoms with van der Waals surface area (Å²) in [5.41, 5.74) is 0.447. The quantitative estimate of drug-likeness (QED) is 0.630. The molecule has 0 aliphatic heterocycles. The smallest absolute Gasteiger partial charge is 0.224 e. The van der Waals surface area contributed by atoms with E-state index in [9.17, 15) is 13.6 Å². The van der Waals surface area contributed by atoms with Crippen molar-refractivity contribution in [1.29, 1.82) is 0 Å². The molecule has 0 saturated heterocycles. The van der Waals surface area contributed by atoms with Gasteiger partial charge in [0.2, 0.25) is 5.91 Å². The van der Waals surface area contributed by atoms with E-state index in [1.807, 2.05) is 0 Å². The SMILES string of the molecule is CC#CCCNC(=O)Cc1ccc(F)c(F)c1. The lowest BCUT2D eigenvalue weighted by molar-refractivity contribution is -0.120. The highest BCUT2D eigenvalue weighted by Crippen LogP contribution is 2.08. The summed E-state index contributed by atoms with van der Waals surface area (Å²) in [7, 11) is 0. The van der Waals surface area contributed by atoms with Crippen molar-refractivity contribution >= 4 is 5.91 Å². The van der Waals surface area contributed by atoms with Crippen LogP contribution in [0.25, 0.3) is 0 Å². The van der Waals surface area contributed by atoms with Crippen LogP contribution in [0.3, 0.4) is 0 Å². The lowest BCUT2D eigenvalue weighted by Crippen LogP contribution is -2.25. The molecule has 0 fully saturated rings. The minimum atomic E-state index is -0.938. The zero-order chi connectivity index (χ0) is 12.7. The molecule has 0 aliphatic carbocycles. The van der Waals surface area contributed by atoms with Crippen LogP contribution in [0.1, 0.15) is 18.9 Å². The van der Waals surface area contributed by atoms with Crippen LogP contribution >= 0.6 is 0 Å². The molecule has 0 unspecified atom stereocenters. The first-order valence-corrected chi connectivity index (χ1v) is 5.23. The van der Waals surface area contributed by atoms with Gasteiger partial charge in [0.15, 0.2) is 11.6 Å². The van der Waals surface area contributed by atoms with Crippen molar-refractivity contribution in [3.8, 4) is 11.8 Å². The fourth-order valence-electron chi connectivity index (χ4n) is 1.29. The highest BCUT2D eigenvalue weighted by molar-refractivity contribution is 5.78. The van der Waals surface area contributed by atoms with Gasteiger partial charge in [-0.3, -0.25) is 4.79 Å². The number of benzene rings is 1. The van der Waals surface area contributed by atoms with E-state index in [4.69, 9.17) is 0 Å². The fourth-order valence-corrected chi connectivity index (χ4v) is 1.29. The summed E-state index contributed by atoms with van der Waals surface area (Å²) >= 11 is 0. The van der Waals surface area contributed by atoms with Gasteiger partial charge in [-0.25, -0.2) is 8.78 Å². The third-order valence-electron chi connectivity index (χ3n) is 2.10. The summed E-state index contributed by atoms with van der Waals surface area (Å²) in [6.45, 7) is 2.19. The van der Waals surface area contributed by atoms with Gasteiger partial charge in [-0.1, -0.05) is 6.07 Å². The number of carbonyl (C=O) groups is 1. The van der Waals surface area contributed by atoms with Crippen molar-refractivity contribution < 1.29 is 13.6 Å². The van der Waals surface area contributed by atoms with Crippen LogP contribution in [0.4, 0.5) is 8.78 Å². The number of hydrogen-bond donors (Lipinski definition) is 1. The Morgan fingerprint density at radius 2 is 2.12 bits per heavy atom. The number of hydrogen-bond acceptors (Lipinski definition) is 1. The zero-order valence-corrected chi connectivity index (χ0v) is 9.52. The average molecular weight is 237 g/mol. The third kappa shape index (κ3) is 4.64. The van der Waals surface area contributed by atoms with Crippen molar-refractivity contribution in [2.45, 2.75) is 19.8 Å². The predicted molar refractivity (Wildman–Crippen MR) is 61.1 cm³/mol. The molecular formula is C13H13F2NO. The molecule has 0 atom stereocenters. The molecule has 1 amide bonds. The Bertz CT molecular complexity index is 460. The fraction of sp³-hybridized carbons (Fsp3) is 0.308. The Balaban J connectivity index is 2.44. The summed E-state index contributed by atoms with van der Waals surface area (Å²) in [4.78, 5) is 11.4. The van der Waals surface area contributed by atoms with E-state index in [2.05, 4.69) is 17.2 Å². The molecule has 4 heteroatoms. The van der Waals surface area contributed by atoms with Crippen molar-refractivity contribution in [3.05, 3.63) is 35.4 Å². The van der Waals surface area contributed by atoms with E-state index in [1.54, 1.807) is 6.92 Å². The second kappa shape index (κ2) is 6.64. The second-order valence-corrected chi connectivity index (χ2v) is 3.45. The predicted octanol–water partition coefficient (Wildman–Crippen LogP) is 2.04. The Kier molecular flexibility index (Phi) is 5.15. The van der Waals surface area contributed by atoms with Gasteiger partial charge < -0.3 is 5.32 Å². The highest BCUT2D eigenvalue weighted by Gasteiger charge is 2.06. The molecule has 1 aromatic rings. The summed E-state index contributed by atoms with van der Waals surface area (Å²) in [5.74, 6) is 3.45. The molecule has 0 radical (unpaired) electrons. The van der Waals surface area contributed by atoms with Crippen molar-refractivity contribution in [2.24, 2.45) is 0 Å². The van der Waals surface area contributed by atoms with Gasteiger partial charge in [0.05, 0.1) is 6.42 Å². The monoisotopic (exact) mass is 237 g/mol. The van der Waals surface area contributed by atoms with Gasteiger partial charge in [-0.05, 0) is 24.6 Å². The van der Waals surface area contributed by atoms with Crippen molar-refractivity contribution in [1.82, 2.24) is 5.32 Å². The van der Waals surface area contributed by atoms with Crippen LogP contribution in [-0.2, 0) is 11.2 Å². The first kappa shape index (κ1) is 13.2. The number of carbonyl (C=O) groups excluding carboxylic acids is 1. The van der Waals surface area contributed by atoms with Gasteiger partial charge >= 0.3 is 0 Å². The van der Waals surface area contributed by atoms with Gasteiger partial charge in [-0.15, -0.1) is 11.8 Å². The number of rotatable bonds is 4. The maximum Gasteiger partial charge on any atom is 0.224 e. The first-order valence-electron chi connectivity index (χ1n) is 5.23. The molecule has 1 rings (SSSR count). The van der Waals surface area contributed by atoms with E-state index in [-0.39, 0.29) is 12.3 Å². The van der Waals surface area contributed by atoms with Gasteiger partial charge in [0, 0.05) is 13.0 Å². The second-order valence-electron chi connectivity index (χ2n) is 3.45. The topological polar surface area (TPSA) is 29.1 Å². The minimum Gasteiger partial charge on any atom is -0.355 e. The lowest BCUT2D eigenvalue weighted by atomic mass is 10.1. The third-order valence-corrected chi connectivity index (χ3v) is 2.10. The maximum atomic E-state index is 12.9. The van der Waals surface area contributed by atoms with Crippen molar-refractivity contribution in [2.75, 3.05) is 6.54 Å². The Morgan fingerprint density at radius 1 is 1.35 bits per heavy atom. The molecule has 1 aromatic carbocycles. The molecule has 0 bridgehead atoms. The number of amides is 1. The normalized spacial score (nSPS) is 9.35. The summed E-state index contributed by atoms with van der Waals surface area (Å²) in [6, 6.07) is 3.44. The molecule has 1 N–H and O–H groups in total. The molecule has 90 valence electrons. The summed E-state index contributed by atoms with van der Waals surface area (Å²) in [5, 5.41) is 2.64. The average Bonchev–Trinajstić information content (AvgIpc) is 2.30. The first-order chi connectivity index (χ1) is 8.13. The lowest BCUT2D eigenvalue weighted by Gasteiger charge is -2.03. The minimum absolute atomic E-state index is 0.0384. The Hall–Kier alpha value is -1.89. The van der Waals surface area contributed by atoms with E-state index >= 15 is 0 Å². The largest absolute Gasteiger partial charge is 0.355 e. The zero-order valence-electron chi connectivity index (χ0n) is 9.52. The molecule has 17 heavy (non-hydrogen) atoms. The van der Waals surface area contributed by atoms with E-state index in [0.717, 1.165) is 12.1 Å². The summed E-state index contributed by atoms with van der Waals surface area (Å²) < 4.78 is 25.5. The van der Waals surface area contributed by atoms with Crippen LogP contribution in [0.2, 0.25) is 0 Å². The standard InChI is InChI=1S/C13H13F2NO/c1-2-3-4-7-16-13(17)9-10-5-6-11(14)12(15)8-10/h5-6,8H,4,7,9H2,1H3,(H,16,17). The van der Waals surface area contributed by atoms with Crippen LogP contribution < -0.4 is 5.32 Å². The van der Waals surface area contributed by atoms with Crippen LogP contribution in [0.15, 0.2) is 18.2 Å². The molecule has 2 nitrogen and oxygen atoms in total. The summed E-state index contributed by atoms with van der Waals surface area (Å²) in [6.07, 6.45) is 0.622. The Morgan fingerprint density at radius 3 is 2.76 bits per heavy atom. The Labute approximate surface area is 99.0 Å². The van der Waals surface area contributed by atoms with E-state index in [1.165, 1.54) is 6.07 Å². The van der Waals surface area contributed by atoms with E-state index < -0.39 is 11.6 Å². The molecule has 0 aromatic heterocycles. The van der Waals surface area contributed by atoms with Crippen LogP contribution in [-0.4, -0.2) is 12.5 Å². The highest BCUT2D eigenvalue weighted by atomic mass is 19.2. The molecular weight excluding hydrogens is 224 g/mol. The molecule has 0 spiro atoms. The van der Waals surface area contributed by atoms with Gasteiger partial charge in [0.1, 0.15) is 0 Å². The molecule has 0 aliphatic rings. The van der Waals surface area contributed by atoms with E-state index in [0.29, 0.717) is 18.5 Å². The van der Waals surface area contributed by atoms with Crippen molar-refractivity contribution in [3.63, 3.8) is 0 Å². The van der Waals surface area contributed by atoms with Gasteiger partial charge in [-0.2, -0.15) is 0 Å². The van der Waals surface area contributed by atoms with Crippen LogP contribution in [0.5, 0.6) is 0 Å². The maximum absolute atomic E-state index is 12.9. The van der Waals surface area contributed by atoms with Crippen LogP contribution in [0, 0.1) is 23.5 Å². The molecule has 0 saturated carbocycles. The van der Waals surface area contributed by atoms with Gasteiger partial charge in [0.25, 0.3) is 0 Å². The number of nitrogens with one attached hydrogen (secondary N) is 1. The molecule has 0 heterocycles.